The van der Waals surface area contributed by atoms with Gasteiger partial charge in [0.1, 0.15) is 0 Å². The second kappa shape index (κ2) is 8.85. The Bertz CT molecular complexity index is 304. The zero-order valence-corrected chi connectivity index (χ0v) is 20.8. The van der Waals surface area contributed by atoms with Gasteiger partial charge in [-0.3, -0.25) is 0 Å². The lowest BCUT2D eigenvalue weighted by molar-refractivity contribution is 0.0485. The molecule has 0 bridgehead atoms. The highest BCUT2D eigenvalue weighted by Crippen LogP contribution is 2.28. The molecule has 0 rings (SSSR count). The Morgan fingerprint density at radius 3 is 1.35 bits per heavy atom. The van der Waals surface area contributed by atoms with Crippen LogP contribution in [0.4, 0.5) is 0 Å². The Morgan fingerprint density at radius 2 is 1.09 bits per heavy atom. The molecule has 0 aliphatic carbocycles. The summed E-state index contributed by atoms with van der Waals surface area (Å²) in [6, 6.07) is 0.651. The fourth-order valence-corrected chi connectivity index (χ4v) is 16.5. The number of ether oxygens (including phenoxy) is 1. The van der Waals surface area contributed by atoms with Gasteiger partial charge in [-0.25, -0.2) is 0 Å². The summed E-state index contributed by atoms with van der Waals surface area (Å²) in [4.78, 5) is 0. The summed E-state index contributed by atoms with van der Waals surface area (Å²) < 4.78 is 25.2. The summed E-state index contributed by atoms with van der Waals surface area (Å²) in [6.07, 6.45) is -0.459. The molecule has 0 aromatic rings. The van der Waals surface area contributed by atoms with Gasteiger partial charge >= 0.3 is 8.80 Å². The van der Waals surface area contributed by atoms with Gasteiger partial charge in [-0.05, 0) is 65.8 Å². The van der Waals surface area contributed by atoms with Crippen molar-refractivity contribution in [2.24, 2.45) is 0 Å². The van der Waals surface area contributed by atoms with E-state index in [-0.39, 0.29) is 0 Å². The van der Waals surface area contributed by atoms with E-state index in [2.05, 4.69) is 58.9 Å². The molecule has 23 heavy (non-hydrogen) atoms. The Kier molecular flexibility index (Phi) is 9.11. The second-order valence-electron chi connectivity index (χ2n) is 9.00. The maximum absolute atomic E-state index is 9.35. The quantitative estimate of drug-likeness (QED) is 0.423. The van der Waals surface area contributed by atoms with Crippen molar-refractivity contribution in [2.45, 2.75) is 78.0 Å². The molecule has 0 radical (unpaired) electrons. The number of aliphatic hydroxyl groups excluding tert-OH is 1. The van der Waals surface area contributed by atoms with E-state index in [1.165, 1.54) is 0 Å². The summed E-state index contributed by atoms with van der Waals surface area (Å²) in [6.45, 7) is 22.1. The van der Waals surface area contributed by atoms with E-state index in [1.807, 2.05) is 0 Å². The van der Waals surface area contributed by atoms with Crippen LogP contribution in [0.3, 0.4) is 0 Å². The Balaban J connectivity index is 5.28. The first kappa shape index (κ1) is 23.7. The summed E-state index contributed by atoms with van der Waals surface area (Å²) in [5.74, 6) is 0. The molecule has 0 aromatic carbocycles. The van der Waals surface area contributed by atoms with Gasteiger partial charge in [0.2, 0.25) is 0 Å². The largest absolute Gasteiger partial charge is 0.471 e. The SMILES string of the molecule is CC(O)COCC[Si](O[Si](C)(C)C)(O[Si](C)(C)C)O[Si](C)(C)C. The van der Waals surface area contributed by atoms with Gasteiger partial charge in [-0.1, -0.05) is 0 Å². The summed E-state index contributed by atoms with van der Waals surface area (Å²) in [5.41, 5.74) is 0. The van der Waals surface area contributed by atoms with Gasteiger partial charge in [0.05, 0.1) is 19.3 Å². The number of aliphatic hydroxyl groups is 1. The molecule has 0 amide bonds. The normalized spacial score (nSPS) is 15.8. The van der Waals surface area contributed by atoms with Crippen LogP contribution in [-0.2, 0) is 17.1 Å². The summed E-state index contributed by atoms with van der Waals surface area (Å²) >= 11 is 0. The molecule has 9 heteroatoms. The zero-order chi connectivity index (χ0) is 18.5. The fourth-order valence-electron chi connectivity index (χ4n) is 2.07. The molecule has 5 nitrogen and oxygen atoms in total. The first-order chi connectivity index (χ1) is 10.0. The van der Waals surface area contributed by atoms with Crippen molar-refractivity contribution in [3.8, 4) is 0 Å². The van der Waals surface area contributed by atoms with Gasteiger partial charge in [0.15, 0.2) is 25.0 Å². The van der Waals surface area contributed by atoms with Gasteiger partial charge in [-0.15, -0.1) is 0 Å². The number of hydrogen-bond acceptors (Lipinski definition) is 5. The van der Waals surface area contributed by atoms with E-state index in [1.54, 1.807) is 6.92 Å². The van der Waals surface area contributed by atoms with E-state index in [0.717, 1.165) is 0 Å². The number of hydrogen-bond donors (Lipinski definition) is 1. The average Bonchev–Trinajstić information content (AvgIpc) is 2.16. The van der Waals surface area contributed by atoms with Gasteiger partial charge < -0.3 is 22.2 Å². The molecule has 0 heterocycles. The van der Waals surface area contributed by atoms with Crippen molar-refractivity contribution in [3.63, 3.8) is 0 Å². The second-order valence-corrected chi connectivity index (χ2v) is 26.0. The summed E-state index contributed by atoms with van der Waals surface area (Å²) in [5, 5.41) is 9.35. The van der Waals surface area contributed by atoms with Crippen molar-refractivity contribution < 1.29 is 22.2 Å². The minimum atomic E-state index is -2.80. The highest BCUT2D eigenvalue weighted by Gasteiger charge is 2.49. The minimum absolute atomic E-state index is 0.331. The third-order valence-electron chi connectivity index (χ3n) is 2.30. The van der Waals surface area contributed by atoms with Crippen molar-refractivity contribution >= 4 is 33.8 Å². The monoisotopic (exact) mass is 398 g/mol. The maximum Gasteiger partial charge on any atom is 0.471 e. The van der Waals surface area contributed by atoms with Crippen LogP contribution in [-0.4, -0.2) is 58.2 Å². The third-order valence-corrected chi connectivity index (χ3v) is 14.2. The van der Waals surface area contributed by atoms with Crippen LogP contribution in [0.1, 0.15) is 6.92 Å². The van der Waals surface area contributed by atoms with E-state index in [4.69, 9.17) is 17.1 Å². The molecule has 1 N–H and O–H groups in total. The molecular formula is C14H38O5Si4. The lowest BCUT2D eigenvalue weighted by Crippen LogP contribution is -2.60. The molecule has 1 atom stereocenters. The summed E-state index contributed by atoms with van der Waals surface area (Å²) in [7, 11) is -8.26. The van der Waals surface area contributed by atoms with E-state index < -0.39 is 39.9 Å². The number of rotatable bonds is 11. The predicted octanol–water partition coefficient (Wildman–Crippen LogP) is 3.88. The van der Waals surface area contributed by atoms with Crippen LogP contribution in [0.5, 0.6) is 0 Å². The topological polar surface area (TPSA) is 57.2 Å². The standard InChI is InChI=1S/C14H38O5Si4/c1-14(15)13-16-11-12-23(17-20(2,3)4,18-21(5,6)7)19-22(8,9)10/h14-15H,11-13H2,1-10H3. The van der Waals surface area contributed by atoms with Gasteiger partial charge in [0, 0.05) is 6.04 Å². The Hall–Kier alpha value is 0.668. The van der Waals surface area contributed by atoms with Crippen molar-refractivity contribution in [2.75, 3.05) is 13.2 Å². The van der Waals surface area contributed by atoms with Crippen LogP contribution in [0.25, 0.3) is 0 Å². The van der Waals surface area contributed by atoms with Crippen LogP contribution in [0, 0.1) is 0 Å². The fraction of sp³-hybridized carbons (Fsp3) is 1.00. The highest BCUT2D eigenvalue weighted by atomic mass is 28.5. The minimum Gasteiger partial charge on any atom is -0.417 e. The van der Waals surface area contributed by atoms with Gasteiger partial charge in [-0.2, -0.15) is 0 Å². The van der Waals surface area contributed by atoms with Crippen molar-refractivity contribution in [1.29, 1.82) is 0 Å². The molecule has 140 valence electrons. The average molecular weight is 399 g/mol. The molecule has 0 fully saturated rings. The van der Waals surface area contributed by atoms with Crippen molar-refractivity contribution in [3.05, 3.63) is 0 Å². The molecule has 0 aliphatic rings. The van der Waals surface area contributed by atoms with Crippen LogP contribution >= 0.6 is 0 Å². The molecule has 0 spiro atoms. The molecule has 1 unspecified atom stereocenters. The lowest BCUT2D eigenvalue weighted by Gasteiger charge is -2.42. The molecule has 0 saturated carbocycles. The molecule has 0 saturated heterocycles. The Labute approximate surface area is 147 Å². The molecule has 0 aliphatic heterocycles. The van der Waals surface area contributed by atoms with E-state index in [0.29, 0.717) is 19.3 Å². The molecule has 0 aromatic heterocycles. The van der Waals surface area contributed by atoms with Crippen LogP contribution < -0.4 is 0 Å². The van der Waals surface area contributed by atoms with Crippen molar-refractivity contribution in [1.82, 2.24) is 0 Å². The predicted molar refractivity (Wildman–Crippen MR) is 106 cm³/mol. The van der Waals surface area contributed by atoms with Crippen LogP contribution in [0.15, 0.2) is 0 Å². The zero-order valence-electron chi connectivity index (χ0n) is 16.8. The van der Waals surface area contributed by atoms with Gasteiger partial charge in [0.25, 0.3) is 0 Å². The Morgan fingerprint density at radius 1 is 0.739 bits per heavy atom. The third kappa shape index (κ3) is 13.6. The maximum atomic E-state index is 9.35. The first-order valence-corrected chi connectivity index (χ1v) is 20.6. The molecular weight excluding hydrogens is 360 g/mol. The highest BCUT2D eigenvalue weighted by molar-refractivity contribution is 6.90. The smallest absolute Gasteiger partial charge is 0.417 e. The van der Waals surface area contributed by atoms with E-state index >= 15 is 0 Å². The first-order valence-electron chi connectivity index (χ1n) is 8.40. The lowest BCUT2D eigenvalue weighted by atomic mass is 10.4. The van der Waals surface area contributed by atoms with E-state index in [9.17, 15) is 5.11 Å². The van der Waals surface area contributed by atoms with Crippen LogP contribution in [0.2, 0.25) is 65.0 Å².